The fourth-order valence-corrected chi connectivity index (χ4v) is 1.73. The first kappa shape index (κ1) is 8.33. The minimum Gasteiger partial charge on any atom is -0.193 e. The van der Waals surface area contributed by atoms with E-state index in [1.165, 1.54) is 0 Å². The lowest BCUT2D eigenvalue weighted by molar-refractivity contribution is 0.282. The molecule has 0 saturated carbocycles. The molecule has 1 rings (SSSR count). The number of hydrogen-bond donors (Lipinski definition) is 0. The van der Waals surface area contributed by atoms with Crippen molar-refractivity contribution in [2.45, 2.75) is 33.6 Å². The molecule has 1 unspecified atom stereocenters. The molecule has 0 N–H and O–H groups in total. The van der Waals surface area contributed by atoms with Crippen LogP contribution in [0.2, 0.25) is 0 Å². The molecule has 0 amide bonds. The third-order valence-corrected chi connectivity index (χ3v) is 2.37. The van der Waals surface area contributed by atoms with Gasteiger partial charge in [-0.3, -0.25) is 0 Å². The maximum atomic E-state index is 8.78. The van der Waals surface area contributed by atoms with Crippen LogP contribution in [0.15, 0.2) is 11.6 Å². The van der Waals surface area contributed by atoms with Crippen LogP contribution in [0.25, 0.3) is 0 Å². The number of rotatable bonds is 0. The topological polar surface area (TPSA) is 23.8 Å². The molecule has 0 bridgehead atoms. The maximum Gasteiger partial charge on any atom is 0.0946 e. The molecule has 0 aliphatic heterocycles. The quantitative estimate of drug-likeness (QED) is 0.519. The zero-order chi connectivity index (χ0) is 8.48. The van der Waals surface area contributed by atoms with E-state index in [1.807, 2.05) is 0 Å². The van der Waals surface area contributed by atoms with E-state index in [2.05, 4.69) is 32.9 Å². The van der Waals surface area contributed by atoms with Crippen molar-refractivity contribution >= 4 is 0 Å². The molecule has 0 fully saturated rings. The first-order valence-electron chi connectivity index (χ1n) is 4.16. The highest BCUT2D eigenvalue weighted by Gasteiger charge is 2.30. The molecule has 0 saturated heterocycles. The van der Waals surface area contributed by atoms with Crippen LogP contribution >= 0.6 is 0 Å². The van der Waals surface area contributed by atoms with Gasteiger partial charge >= 0.3 is 0 Å². The molecule has 0 aromatic rings. The largest absolute Gasteiger partial charge is 0.193 e. The number of hydrogen-bond acceptors (Lipinski definition) is 1. The second-order valence-electron chi connectivity index (χ2n) is 4.27. The van der Waals surface area contributed by atoms with Crippen molar-refractivity contribution in [2.24, 2.45) is 11.3 Å². The molecule has 0 aromatic carbocycles. The average molecular weight is 149 g/mol. The van der Waals surface area contributed by atoms with E-state index < -0.39 is 0 Å². The second kappa shape index (κ2) is 2.70. The molecule has 0 aromatic heterocycles. The van der Waals surface area contributed by atoms with Crippen LogP contribution in [0.5, 0.6) is 0 Å². The molecule has 1 aliphatic rings. The Morgan fingerprint density at radius 2 is 2.18 bits per heavy atom. The smallest absolute Gasteiger partial charge is 0.0946 e. The monoisotopic (exact) mass is 149 g/mol. The maximum absolute atomic E-state index is 8.78. The van der Waals surface area contributed by atoms with Crippen LogP contribution in [-0.4, -0.2) is 0 Å². The van der Waals surface area contributed by atoms with Gasteiger partial charge in [0.05, 0.1) is 6.07 Å². The van der Waals surface area contributed by atoms with Crippen molar-refractivity contribution < 1.29 is 0 Å². The highest BCUT2D eigenvalue weighted by atomic mass is 14.4. The van der Waals surface area contributed by atoms with E-state index in [4.69, 9.17) is 5.26 Å². The van der Waals surface area contributed by atoms with Crippen molar-refractivity contribution in [1.82, 2.24) is 0 Å². The molecule has 60 valence electrons. The molecule has 0 heterocycles. The Balaban J connectivity index is 2.78. The zero-order valence-corrected chi connectivity index (χ0v) is 7.52. The predicted octanol–water partition coefficient (Wildman–Crippen LogP) is 2.89. The Morgan fingerprint density at radius 1 is 1.55 bits per heavy atom. The summed E-state index contributed by atoms with van der Waals surface area (Å²) in [6, 6.07) is 2.28. The molecule has 1 heteroatoms. The summed E-state index contributed by atoms with van der Waals surface area (Å²) in [6.45, 7) is 6.61. The van der Waals surface area contributed by atoms with Gasteiger partial charge in [-0.1, -0.05) is 26.8 Å². The first-order chi connectivity index (χ1) is 5.05. The highest BCUT2D eigenvalue weighted by molar-refractivity contribution is 5.28. The Bertz CT molecular complexity index is 212. The van der Waals surface area contributed by atoms with Crippen molar-refractivity contribution in [3.63, 3.8) is 0 Å². The normalized spacial score (nSPS) is 24.5. The number of nitrogens with zero attached hydrogens (tertiary/aromatic N) is 1. The van der Waals surface area contributed by atoms with Gasteiger partial charge in [0.15, 0.2) is 0 Å². The van der Waals surface area contributed by atoms with E-state index in [9.17, 15) is 0 Å². The molecule has 1 atom stereocenters. The van der Waals surface area contributed by atoms with Crippen LogP contribution in [0.4, 0.5) is 0 Å². The summed E-state index contributed by atoms with van der Waals surface area (Å²) in [5, 5.41) is 8.78. The fourth-order valence-electron chi connectivity index (χ4n) is 1.73. The lowest BCUT2D eigenvalue weighted by atomic mass is 9.77. The SMILES string of the molecule is CC(C)(C)C1CCC=C1C#N. The molecule has 1 aliphatic carbocycles. The summed E-state index contributed by atoms with van der Waals surface area (Å²) < 4.78 is 0. The average Bonchev–Trinajstić information content (AvgIpc) is 2.31. The summed E-state index contributed by atoms with van der Waals surface area (Å²) in [5.41, 5.74) is 1.26. The van der Waals surface area contributed by atoms with Gasteiger partial charge in [0, 0.05) is 5.57 Å². The summed E-state index contributed by atoms with van der Waals surface area (Å²) in [5.74, 6) is 0.493. The minimum absolute atomic E-state index is 0.262. The number of nitriles is 1. The third kappa shape index (κ3) is 1.63. The van der Waals surface area contributed by atoms with E-state index in [0.717, 1.165) is 18.4 Å². The Hall–Kier alpha value is -0.770. The molecule has 11 heavy (non-hydrogen) atoms. The van der Waals surface area contributed by atoms with Crippen LogP contribution in [0.1, 0.15) is 33.6 Å². The van der Waals surface area contributed by atoms with Crippen LogP contribution < -0.4 is 0 Å². The molecule has 0 radical (unpaired) electrons. The highest BCUT2D eigenvalue weighted by Crippen LogP contribution is 2.39. The van der Waals surface area contributed by atoms with Gasteiger partial charge in [-0.05, 0) is 24.2 Å². The van der Waals surface area contributed by atoms with Gasteiger partial charge in [-0.25, -0.2) is 0 Å². The minimum atomic E-state index is 0.262. The second-order valence-corrected chi connectivity index (χ2v) is 4.27. The van der Waals surface area contributed by atoms with Crippen LogP contribution in [-0.2, 0) is 0 Å². The lowest BCUT2D eigenvalue weighted by Crippen LogP contribution is -2.19. The Kier molecular flexibility index (Phi) is 2.04. The lowest BCUT2D eigenvalue weighted by Gasteiger charge is -2.26. The van der Waals surface area contributed by atoms with E-state index in [-0.39, 0.29) is 5.41 Å². The van der Waals surface area contributed by atoms with E-state index in [1.54, 1.807) is 0 Å². The van der Waals surface area contributed by atoms with Gasteiger partial charge in [0.25, 0.3) is 0 Å². The molecule has 0 spiro atoms. The predicted molar refractivity (Wildman–Crippen MR) is 45.9 cm³/mol. The summed E-state index contributed by atoms with van der Waals surface area (Å²) in [7, 11) is 0. The number of allylic oxidation sites excluding steroid dienone is 2. The van der Waals surface area contributed by atoms with Gasteiger partial charge < -0.3 is 0 Å². The first-order valence-corrected chi connectivity index (χ1v) is 4.16. The van der Waals surface area contributed by atoms with Crippen LogP contribution in [0, 0.1) is 22.7 Å². The van der Waals surface area contributed by atoms with Gasteiger partial charge in [-0.2, -0.15) is 5.26 Å². The van der Waals surface area contributed by atoms with Crippen molar-refractivity contribution in [3.05, 3.63) is 11.6 Å². The summed E-state index contributed by atoms with van der Waals surface area (Å²) >= 11 is 0. The van der Waals surface area contributed by atoms with Gasteiger partial charge in [0.1, 0.15) is 0 Å². The van der Waals surface area contributed by atoms with Crippen LogP contribution in [0.3, 0.4) is 0 Å². The van der Waals surface area contributed by atoms with E-state index in [0.29, 0.717) is 5.92 Å². The zero-order valence-electron chi connectivity index (χ0n) is 7.52. The van der Waals surface area contributed by atoms with Gasteiger partial charge in [0.2, 0.25) is 0 Å². The molecular weight excluding hydrogens is 134 g/mol. The standard InChI is InChI=1S/C10H15N/c1-10(2,3)9-6-4-5-8(9)7-11/h5,9H,4,6H2,1-3H3. The van der Waals surface area contributed by atoms with Crippen molar-refractivity contribution in [2.75, 3.05) is 0 Å². The molecular formula is C10H15N. The van der Waals surface area contributed by atoms with Gasteiger partial charge in [-0.15, -0.1) is 0 Å². The third-order valence-electron chi connectivity index (χ3n) is 2.37. The summed E-state index contributed by atoms with van der Waals surface area (Å²) in [6.07, 6.45) is 4.33. The van der Waals surface area contributed by atoms with E-state index >= 15 is 0 Å². The summed E-state index contributed by atoms with van der Waals surface area (Å²) in [4.78, 5) is 0. The van der Waals surface area contributed by atoms with Crippen molar-refractivity contribution in [3.8, 4) is 6.07 Å². The Morgan fingerprint density at radius 3 is 2.55 bits per heavy atom. The molecule has 1 nitrogen and oxygen atoms in total. The van der Waals surface area contributed by atoms with Crippen molar-refractivity contribution in [1.29, 1.82) is 5.26 Å². The fraction of sp³-hybridized carbons (Fsp3) is 0.700. The Labute approximate surface area is 68.7 Å².